The highest BCUT2D eigenvalue weighted by Crippen LogP contribution is 2.22. The van der Waals surface area contributed by atoms with Crippen molar-refractivity contribution in [3.63, 3.8) is 0 Å². The molecule has 0 aliphatic carbocycles. The Labute approximate surface area is 131 Å². The maximum atomic E-state index is 13.4. The molecule has 0 spiro atoms. The molecule has 0 fully saturated rings. The number of pyridine rings is 1. The number of hydrogen-bond acceptors (Lipinski definition) is 3. The van der Waals surface area contributed by atoms with Crippen LogP contribution in [0, 0.1) is 12.7 Å². The first-order valence-electron chi connectivity index (χ1n) is 6.67. The van der Waals surface area contributed by atoms with E-state index in [0.717, 1.165) is 16.0 Å². The van der Waals surface area contributed by atoms with Gasteiger partial charge in [-0.25, -0.2) is 9.37 Å². The molecule has 0 bridgehead atoms. The van der Waals surface area contributed by atoms with Crippen LogP contribution in [0.25, 0.3) is 10.9 Å². The molecular formula is C16H14FN3OS. The summed E-state index contributed by atoms with van der Waals surface area (Å²) in [5.41, 5.74) is 2.40. The lowest BCUT2D eigenvalue weighted by Gasteiger charge is -2.03. The number of aromatic amines is 1. The summed E-state index contributed by atoms with van der Waals surface area (Å²) >= 11 is 1.53. The van der Waals surface area contributed by atoms with Gasteiger partial charge in [0.15, 0.2) is 0 Å². The molecule has 112 valence electrons. The molecule has 0 unspecified atom stereocenters. The Bertz CT molecular complexity index is 842. The molecule has 0 aliphatic rings. The fourth-order valence-corrected chi connectivity index (χ4v) is 2.63. The number of anilines is 1. The number of halogens is 1. The third kappa shape index (κ3) is 2.82. The molecule has 3 rings (SSSR count). The number of amides is 1. The Kier molecular flexibility index (Phi) is 3.85. The molecular weight excluding hydrogens is 301 g/mol. The summed E-state index contributed by atoms with van der Waals surface area (Å²) in [7, 11) is 0. The Hall–Kier alpha value is -2.34. The van der Waals surface area contributed by atoms with Gasteiger partial charge < -0.3 is 10.3 Å². The van der Waals surface area contributed by atoms with Gasteiger partial charge in [0, 0.05) is 10.9 Å². The van der Waals surface area contributed by atoms with E-state index in [2.05, 4.69) is 15.3 Å². The predicted octanol–water partition coefficient (Wildman–Crippen LogP) is 3.98. The van der Waals surface area contributed by atoms with Gasteiger partial charge in [-0.05, 0) is 49.1 Å². The lowest BCUT2D eigenvalue weighted by molar-refractivity contribution is 0.102. The van der Waals surface area contributed by atoms with Gasteiger partial charge in [-0.1, -0.05) is 0 Å². The van der Waals surface area contributed by atoms with Crippen molar-refractivity contribution in [2.75, 3.05) is 11.6 Å². The van der Waals surface area contributed by atoms with Gasteiger partial charge in [-0.3, -0.25) is 4.79 Å². The van der Waals surface area contributed by atoms with Gasteiger partial charge >= 0.3 is 0 Å². The molecule has 0 aliphatic heterocycles. The van der Waals surface area contributed by atoms with Crippen LogP contribution in [-0.4, -0.2) is 22.1 Å². The second-order valence-corrected chi connectivity index (χ2v) is 5.74. The zero-order valence-electron chi connectivity index (χ0n) is 12.1. The number of rotatable bonds is 3. The quantitative estimate of drug-likeness (QED) is 0.719. The summed E-state index contributed by atoms with van der Waals surface area (Å²) in [5.74, 6) is -0.606. The fraction of sp³-hybridized carbons (Fsp3) is 0.125. The van der Waals surface area contributed by atoms with Crippen LogP contribution in [0.15, 0.2) is 41.6 Å². The molecule has 1 amide bonds. The maximum absolute atomic E-state index is 13.4. The summed E-state index contributed by atoms with van der Waals surface area (Å²) in [5, 5.41) is 4.49. The van der Waals surface area contributed by atoms with Crippen molar-refractivity contribution in [1.29, 1.82) is 0 Å². The molecule has 0 saturated heterocycles. The number of fused-ring (bicyclic) bond motifs is 1. The summed E-state index contributed by atoms with van der Waals surface area (Å²) in [4.78, 5) is 19.4. The molecule has 2 aromatic heterocycles. The van der Waals surface area contributed by atoms with E-state index in [0.29, 0.717) is 16.9 Å². The van der Waals surface area contributed by atoms with Gasteiger partial charge in [0.2, 0.25) is 0 Å². The Morgan fingerprint density at radius 3 is 2.82 bits per heavy atom. The van der Waals surface area contributed by atoms with Gasteiger partial charge in [-0.15, -0.1) is 11.8 Å². The molecule has 6 heteroatoms. The van der Waals surface area contributed by atoms with Crippen LogP contribution >= 0.6 is 11.8 Å². The minimum atomic E-state index is -0.323. The molecule has 4 nitrogen and oxygen atoms in total. The maximum Gasteiger partial charge on any atom is 0.272 e. The number of aromatic nitrogens is 2. The first kappa shape index (κ1) is 14.6. The van der Waals surface area contributed by atoms with E-state index >= 15 is 0 Å². The molecule has 0 saturated carbocycles. The van der Waals surface area contributed by atoms with Crippen LogP contribution in [0.1, 0.15) is 16.1 Å². The number of aryl methyl sites for hydroxylation is 1. The Balaban J connectivity index is 1.86. The standard InChI is InChI=1S/C16H14FN3OS/c1-9-5-10(17)6-13-12(9)7-14(20-13)16(21)19-11-3-4-15(22-2)18-8-11/h3-8,20H,1-2H3,(H,19,21). The average molecular weight is 315 g/mol. The zero-order valence-corrected chi connectivity index (χ0v) is 12.9. The summed E-state index contributed by atoms with van der Waals surface area (Å²) in [6.07, 6.45) is 3.55. The predicted molar refractivity (Wildman–Crippen MR) is 87.0 cm³/mol. The normalized spacial score (nSPS) is 10.9. The number of nitrogens with zero attached hydrogens (tertiary/aromatic N) is 1. The summed E-state index contributed by atoms with van der Waals surface area (Å²) in [6, 6.07) is 8.19. The third-order valence-electron chi connectivity index (χ3n) is 3.36. The van der Waals surface area contributed by atoms with Crippen molar-refractivity contribution < 1.29 is 9.18 Å². The van der Waals surface area contributed by atoms with Crippen molar-refractivity contribution in [2.24, 2.45) is 0 Å². The van der Waals surface area contributed by atoms with Crippen LogP contribution in [0.3, 0.4) is 0 Å². The highest BCUT2D eigenvalue weighted by molar-refractivity contribution is 7.98. The molecule has 2 N–H and O–H groups in total. The number of nitrogens with one attached hydrogen (secondary N) is 2. The highest BCUT2D eigenvalue weighted by atomic mass is 32.2. The van der Waals surface area contributed by atoms with Crippen LogP contribution in [0.2, 0.25) is 0 Å². The highest BCUT2D eigenvalue weighted by Gasteiger charge is 2.12. The number of carbonyl (C=O) groups is 1. The van der Waals surface area contributed by atoms with E-state index in [-0.39, 0.29) is 11.7 Å². The van der Waals surface area contributed by atoms with Gasteiger partial charge in [0.25, 0.3) is 5.91 Å². The number of benzene rings is 1. The first-order valence-corrected chi connectivity index (χ1v) is 7.89. The first-order chi connectivity index (χ1) is 10.6. The lowest BCUT2D eigenvalue weighted by atomic mass is 10.1. The van der Waals surface area contributed by atoms with Gasteiger partial charge in [-0.2, -0.15) is 0 Å². The van der Waals surface area contributed by atoms with Crippen LogP contribution in [-0.2, 0) is 0 Å². The monoisotopic (exact) mass is 315 g/mol. The summed E-state index contributed by atoms with van der Waals surface area (Å²) < 4.78 is 13.4. The van der Waals surface area contributed by atoms with Crippen LogP contribution in [0.4, 0.5) is 10.1 Å². The molecule has 3 aromatic rings. The third-order valence-corrected chi connectivity index (χ3v) is 4.02. The van der Waals surface area contributed by atoms with Gasteiger partial charge in [0.05, 0.1) is 16.9 Å². The largest absolute Gasteiger partial charge is 0.350 e. The minimum absolute atomic E-state index is 0.283. The molecule has 0 atom stereocenters. The Morgan fingerprint density at radius 1 is 1.32 bits per heavy atom. The van der Waals surface area contributed by atoms with Gasteiger partial charge in [0.1, 0.15) is 11.5 Å². The minimum Gasteiger partial charge on any atom is -0.350 e. The summed E-state index contributed by atoms with van der Waals surface area (Å²) in [6.45, 7) is 1.81. The zero-order chi connectivity index (χ0) is 15.7. The molecule has 1 aromatic carbocycles. The van der Waals surface area contributed by atoms with E-state index in [9.17, 15) is 9.18 Å². The average Bonchev–Trinajstić information content (AvgIpc) is 2.92. The topological polar surface area (TPSA) is 57.8 Å². The Morgan fingerprint density at radius 2 is 2.14 bits per heavy atom. The SMILES string of the molecule is CSc1ccc(NC(=O)c2cc3c(C)cc(F)cc3[nH]2)cn1. The molecule has 2 heterocycles. The molecule has 22 heavy (non-hydrogen) atoms. The van der Waals surface area contributed by atoms with Crippen molar-refractivity contribution in [2.45, 2.75) is 11.9 Å². The van der Waals surface area contributed by atoms with E-state index in [1.165, 1.54) is 23.9 Å². The van der Waals surface area contributed by atoms with E-state index in [4.69, 9.17) is 0 Å². The number of H-pyrrole nitrogens is 1. The van der Waals surface area contributed by atoms with Crippen molar-refractivity contribution in [3.05, 3.63) is 53.6 Å². The van der Waals surface area contributed by atoms with E-state index in [1.54, 1.807) is 18.3 Å². The van der Waals surface area contributed by atoms with Crippen LogP contribution in [0.5, 0.6) is 0 Å². The lowest BCUT2D eigenvalue weighted by Crippen LogP contribution is -2.12. The smallest absolute Gasteiger partial charge is 0.272 e. The van der Waals surface area contributed by atoms with E-state index in [1.807, 2.05) is 19.2 Å². The number of hydrogen-bond donors (Lipinski definition) is 2. The number of thioether (sulfide) groups is 1. The van der Waals surface area contributed by atoms with Crippen molar-refractivity contribution in [1.82, 2.24) is 9.97 Å². The van der Waals surface area contributed by atoms with Crippen molar-refractivity contribution >= 4 is 34.3 Å². The van der Waals surface area contributed by atoms with Crippen LogP contribution < -0.4 is 5.32 Å². The fourth-order valence-electron chi connectivity index (χ4n) is 2.27. The second kappa shape index (κ2) is 5.81. The molecule has 0 radical (unpaired) electrons. The van der Waals surface area contributed by atoms with E-state index < -0.39 is 0 Å². The number of carbonyl (C=O) groups excluding carboxylic acids is 1. The van der Waals surface area contributed by atoms with Crippen molar-refractivity contribution in [3.8, 4) is 0 Å². The second-order valence-electron chi connectivity index (χ2n) is 4.91.